The Morgan fingerprint density at radius 3 is 2.20 bits per heavy atom. The molecule has 2 rings (SSSR count). The summed E-state index contributed by atoms with van der Waals surface area (Å²) in [5, 5.41) is 23.3. The van der Waals surface area contributed by atoms with E-state index in [1.54, 1.807) is 0 Å². The Morgan fingerprint density at radius 2 is 1.87 bits per heavy atom. The zero-order valence-corrected chi connectivity index (χ0v) is 9.50. The van der Waals surface area contributed by atoms with Crippen LogP contribution in [0.2, 0.25) is 0 Å². The molecule has 0 aromatic heterocycles. The van der Waals surface area contributed by atoms with Crippen molar-refractivity contribution >= 4 is 0 Å². The summed E-state index contributed by atoms with van der Waals surface area (Å²) in [6.45, 7) is 6.72. The van der Waals surface area contributed by atoms with E-state index in [-0.39, 0.29) is 12.0 Å². The zero-order chi connectivity index (χ0) is 10.9. The summed E-state index contributed by atoms with van der Waals surface area (Å²) < 4.78 is 0. The second kappa shape index (κ2) is 4.01. The van der Waals surface area contributed by atoms with Gasteiger partial charge in [-0.3, -0.25) is 0 Å². The van der Waals surface area contributed by atoms with Crippen molar-refractivity contribution in [3.8, 4) is 0 Å². The van der Waals surface area contributed by atoms with E-state index in [4.69, 9.17) is 0 Å². The molecular weight excluding hydrogens is 192 g/mol. The van der Waals surface area contributed by atoms with Crippen molar-refractivity contribution < 1.29 is 10.2 Å². The molecule has 2 aliphatic heterocycles. The second-order valence-corrected chi connectivity index (χ2v) is 5.01. The van der Waals surface area contributed by atoms with Crippen molar-refractivity contribution in [2.24, 2.45) is 5.41 Å². The van der Waals surface area contributed by atoms with Crippen molar-refractivity contribution in [2.45, 2.75) is 25.4 Å². The van der Waals surface area contributed by atoms with Crippen LogP contribution in [0.3, 0.4) is 0 Å². The Balaban J connectivity index is 2.02. The first-order chi connectivity index (χ1) is 7.16. The molecule has 0 amide bonds. The number of nitrogens with one attached hydrogen (secondary N) is 1. The van der Waals surface area contributed by atoms with Crippen LogP contribution < -0.4 is 5.32 Å². The molecule has 2 fully saturated rings. The molecule has 0 aromatic rings. The fourth-order valence-corrected chi connectivity index (χ4v) is 2.78. The molecule has 0 saturated carbocycles. The number of nitrogens with zero attached hydrogens (tertiary/aromatic N) is 1. The molecular formula is C11H22N2O2. The van der Waals surface area contributed by atoms with Gasteiger partial charge in [0.15, 0.2) is 0 Å². The molecule has 4 nitrogen and oxygen atoms in total. The highest BCUT2D eigenvalue weighted by atomic mass is 16.3. The van der Waals surface area contributed by atoms with Crippen molar-refractivity contribution in [2.75, 3.05) is 39.3 Å². The molecule has 2 aliphatic rings. The fourth-order valence-electron chi connectivity index (χ4n) is 2.78. The smallest absolute Gasteiger partial charge is 0.0774 e. The van der Waals surface area contributed by atoms with Crippen LogP contribution in [0.5, 0.6) is 0 Å². The van der Waals surface area contributed by atoms with Gasteiger partial charge in [-0.15, -0.1) is 0 Å². The summed E-state index contributed by atoms with van der Waals surface area (Å²) >= 11 is 0. The number of piperidine rings is 1. The van der Waals surface area contributed by atoms with Gasteiger partial charge in [0.2, 0.25) is 0 Å². The fraction of sp³-hybridized carbons (Fsp3) is 1.00. The van der Waals surface area contributed by atoms with Crippen LogP contribution in [0.15, 0.2) is 0 Å². The first-order valence-electron chi connectivity index (χ1n) is 5.92. The number of likely N-dealkylation sites (tertiary alicyclic amines) is 1. The van der Waals surface area contributed by atoms with Crippen LogP contribution in [0.4, 0.5) is 0 Å². The Hall–Kier alpha value is -0.160. The average Bonchev–Trinajstić information content (AvgIpc) is 2.18. The minimum Gasteiger partial charge on any atom is -0.396 e. The van der Waals surface area contributed by atoms with Crippen molar-refractivity contribution in [1.29, 1.82) is 0 Å². The maximum atomic E-state index is 10.6. The van der Waals surface area contributed by atoms with E-state index in [1.165, 1.54) is 0 Å². The van der Waals surface area contributed by atoms with E-state index in [9.17, 15) is 10.2 Å². The summed E-state index contributed by atoms with van der Waals surface area (Å²) in [6, 6.07) is 0. The Bertz CT molecular complexity index is 215. The number of hydrogen-bond donors (Lipinski definition) is 3. The van der Waals surface area contributed by atoms with Crippen molar-refractivity contribution in [1.82, 2.24) is 10.2 Å². The van der Waals surface area contributed by atoms with E-state index in [0.717, 1.165) is 45.6 Å². The molecule has 15 heavy (non-hydrogen) atoms. The highest BCUT2D eigenvalue weighted by Gasteiger charge is 2.54. The predicted molar refractivity (Wildman–Crippen MR) is 58.7 cm³/mol. The van der Waals surface area contributed by atoms with E-state index in [1.807, 2.05) is 0 Å². The van der Waals surface area contributed by atoms with Crippen LogP contribution in [0.25, 0.3) is 0 Å². The standard InChI is InChI=1S/C11H22N2O2/c1-2-13-5-3-11(15,4-6-13)10(9-14)7-12-8-10/h12,14-15H,2-9H2,1H3. The molecule has 0 bridgehead atoms. The Morgan fingerprint density at radius 1 is 1.27 bits per heavy atom. The molecule has 2 saturated heterocycles. The Labute approximate surface area is 91.3 Å². The van der Waals surface area contributed by atoms with Gasteiger partial charge in [0.25, 0.3) is 0 Å². The summed E-state index contributed by atoms with van der Waals surface area (Å²) in [5.74, 6) is 0. The number of aliphatic hydroxyl groups excluding tert-OH is 1. The summed E-state index contributed by atoms with van der Waals surface area (Å²) in [7, 11) is 0. The quantitative estimate of drug-likeness (QED) is 0.588. The van der Waals surface area contributed by atoms with Gasteiger partial charge in [0, 0.05) is 31.6 Å². The lowest BCUT2D eigenvalue weighted by atomic mass is 9.64. The number of aliphatic hydroxyl groups is 2. The number of hydrogen-bond acceptors (Lipinski definition) is 4. The van der Waals surface area contributed by atoms with Crippen LogP contribution in [0, 0.1) is 5.41 Å². The molecule has 0 unspecified atom stereocenters. The maximum absolute atomic E-state index is 10.6. The van der Waals surface area contributed by atoms with Gasteiger partial charge >= 0.3 is 0 Å². The van der Waals surface area contributed by atoms with Crippen LogP contribution >= 0.6 is 0 Å². The number of rotatable bonds is 3. The zero-order valence-electron chi connectivity index (χ0n) is 9.50. The average molecular weight is 214 g/mol. The largest absolute Gasteiger partial charge is 0.396 e. The second-order valence-electron chi connectivity index (χ2n) is 5.01. The summed E-state index contributed by atoms with van der Waals surface area (Å²) in [4.78, 5) is 2.35. The minimum absolute atomic E-state index is 0.0998. The first kappa shape index (κ1) is 11.3. The normalized spacial score (nSPS) is 29.8. The molecule has 0 aromatic carbocycles. The van der Waals surface area contributed by atoms with Crippen molar-refractivity contribution in [3.05, 3.63) is 0 Å². The molecule has 2 heterocycles. The molecule has 0 radical (unpaired) electrons. The van der Waals surface area contributed by atoms with Crippen LogP contribution in [-0.4, -0.2) is 60.0 Å². The highest BCUT2D eigenvalue weighted by molar-refractivity contribution is 5.08. The van der Waals surface area contributed by atoms with Gasteiger partial charge in [0.05, 0.1) is 12.2 Å². The highest BCUT2D eigenvalue weighted by Crippen LogP contribution is 2.42. The predicted octanol–water partition coefficient (Wildman–Crippen LogP) is -0.585. The third-order valence-electron chi connectivity index (χ3n) is 4.35. The molecule has 4 heteroatoms. The van der Waals surface area contributed by atoms with E-state index >= 15 is 0 Å². The molecule has 0 spiro atoms. The van der Waals surface area contributed by atoms with Crippen LogP contribution in [0.1, 0.15) is 19.8 Å². The minimum atomic E-state index is -0.654. The van der Waals surface area contributed by atoms with E-state index < -0.39 is 5.60 Å². The third-order valence-corrected chi connectivity index (χ3v) is 4.35. The van der Waals surface area contributed by atoms with Crippen molar-refractivity contribution in [3.63, 3.8) is 0 Å². The summed E-state index contributed by atoms with van der Waals surface area (Å²) in [5.41, 5.74) is -0.925. The lowest BCUT2D eigenvalue weighted by Crippen LogP contribution is -2.70. The molecule has 0 aliphatic carbocycles. The molecule has 3 N–H and O–H groups in total. The van der Waals surface area contributed by atoms with E-state index in [0.29, 0.717) is 0 Å². The lowest BCUT2D eigenvalue weighted by molar-refractivity contribution is -0.161. The maximum Gasteiger partial charge on any atom is 0.0774 e. The van der Waals surface area contributed by atoms with Gasteiger partial charge in [0.1, 0.15) is 0 Å². The van der Waals surface area contributed by atoms with Gasteiger partial charge in [-0.05, 0) is 19.4 Å². The monoisotopic (exact) mass is 214 g/mol. The summed E-state index contributed by atoms with van der Waals surface area (Å²) in [6.07, 6.45) is 1.59. The molecule has 88 valence electrons. The van der Waals surface area contributed by atoms with Gasteiger partial charge in [-0.25, -0.2) is 0 Å². The molecule has 0 atom stereocenters. The first-order valence-corrected chi connectivity index (χ1v) is 5.92. The SMILES string of the molecule is CCN1CCC(O)(C2(CO)CNC2)CC1. The van der Waals surface area contributed by atoms with Crippen LogP contribution in [-0.2, 0) is 0 Å². The van der Waals surface area contributed by atoms with Gasteiger partial charge in [-0.1, -0.05) is 6.92 Å². The third kappa shape index (κ3) is 1.69. The topological polar surface area (TPSA) is 55.7 Å². The van der Waals surface area contributed by atoms with Gasteiger partial charge in [-0.2, -0.15) is 0 Å². The Kier molecular flexibility index (Phi) is 3.03. The van der Waals surface area contributed by atoms with Gasteiger partial charge < -0.3 is 20.4 Å². The lowest BCUT2D eigenvalue weighted by Gasteiger charge is -2.55. The van der Waals surface area contributed by atoms with E-state index in [2.05, 4.69) is 17.1 Å².